The zero-order chi connectivity index (χ0) is 21.9. The van der Waals surface area contributed by atoms with Crippen LogP contribution in [0.3, 0.4) is 0 Å². The molecule has 1 aromatic carbocycles. The molecule has 1 saturated carbocycles. The van der Waals surface area contributed by atoms with Gasteiger partial charge in [0.25, 0.3) is 5.19 Å². The van der Waals surface area contributed by atoms with E-state index in [1.54, 1.807) is 6.20 Å². The topological polar surface area (TPSA) is 71.7 Å². The molecule has 33 heavy (non-hydrogen) atoms. The summed E-state index contributed by atoms with van der Waals surface area (Å²) in [4.78, 5) is 26.1. The summed E-state index contributed by atoms with van der Waals surface area (Å²) in [6, 6.07) is 10.7. The Morgan fingerprint density at radius 2 is 2.15 bits per heavy atom. The van der Waals surface area contributed by atoms with Gasteiger partial charge in [-0.1, -0.05) is 17.8 Å². The van der Waals surface area contributed by atoms with Gasteiger partial charge in [0.2, 0.25) is 5.91 Å². The van der Waals surface area contributed by atoms with Crippen LogP contribution in [0.25, 0.3) is 21.3 Å². The average Bonchev–Trinajstić information content (AvgIpc) is 3.55. The number of hydrogen-bond acceptors (Lipinski definition) is 7. The Bertz CT molecular complexity index is 1330. The first-order valence-corrected chi connectivity index (χ1v) is 12.5. The summed E-state index contributed by atoms with van der Waals surface area (Å²) in [6.07, 6.45) is 8.07. The molecule has 2 aliphatic heterocycles. The van der Waals surface area contributed by atoms with Gasteiger partial charge in [-0.2, -0.15) is 4.98 Å². The number of carbonyl (C=O) groups excluding carboxylic acids is 1. The molecular weight excluding hydrogens is 436 g/mol. The number of benzene rings is 1. The molecule has 3 aliphatic rings. The van der Waals surface area contributed by atoms with E-state index in [0.717, 1.165) is 54.6 Å². The van der Waals surface area contributed by atoms with Crippen molar-refractivity contribution in [1.82, 2.24) is 19.8 Å². The van der Waals surface area contributed by atoms with Gasteiger partial charge in [-0.15, -0.1) is 0 Å². The lowest BCUT2D eigenvalue weighted by Gasteiger charge is -2.37. The van der Waals surface area contributed by atoms with E-state index >= 15 is 0 Å². The second-order valence-corrected chi connectivity index (χ2v) is 10.4. The second-order valence-electron chi connectivity index (χ2n) is 9.42. The van der Waals surface area contributed by atoms with E-state index in [0.29, 0.717) is 40.5 Å². The smallest absolute Gasteiger partial charge is 0.281 e. The van der Waals surface area contributed by atoms with E-state index in [1.807, 2.05) is 30.5 Å². The number of aromatic nitrogens is 2. The summed E-state index contributed by atoms with van der Waals surface area (Å²) in [5.74, 6) is 1.40. The minimum atomic E-state index is 0.297. The normalized spacial score (nSPS) is 23.0. The maximum atomic E-state index is 12.7. The number of likely N-dealkylation sites (tertiary alicyclic amines) is 2. The minimum Gasteiger partial charge on any atom is -0.464 e. The largest absolute Gasteiger partial charge is 0.464 e. The van der Waals surface area contributed by atoms with Crippen molar-refractivity contribution < 1.29 is 13.9 Å². The first-order chi connectivity index (χ1) is 16.2. The highest BCUT2D eigenvalue weighted by atomic mass is 32.1. The van der Waals surface area contributed by atoms with Crippen molar-refractivity contribution in [3.63, 3.8) is 0 Å². The van der Waals surface area contributed by atoms with E-state index in [-0.39, 0.29) is 0 Å². The highest BCUT2D eigenvalue weighted by Crippen LogP contribution is 2.38. The molecule has 2 atom stereocenters. The zero-order valence-electron chi connectivity index (χ0n) is 18.1. The molecule has 8 heteroatoms. The van der Waals surface area contributed by atoms with Gasteiger partial charge in [0.1, 0.15) is 11.3 Å². The van der Waals surface area contributed by atoms with Crippen LogP contribution >= 0.6 is 11.3 Å². The van der Waals surface area contributed by atoms with E-state index in [4.69, 9.17) is 9.15 Å². The lowest BCUT2D eigenvalue weighted by Crippen LogP contribution is -2.50. The van der Waals surface area contributed by atoms with Crippen LogP contribution in [0.5, 0.6) is 10.9 Å². The quantitative estimate of drug-likeness (QED) is 0.425. The number of fused-ring (bicyclic) bond motifs is 4. The molecule has 2 saturated heterocycles. The fourth-order valence-electron chi connectivity index (χ4n) is 5.46. The van der Waals surface area contributed by atoms with Crippen molar-refractivity contribution in [2.75, 3.05) is 13.1 Å². The molecule has 0 radical (unpaired) electrons. The maximum Gasteiger partial charge on any atom is 0.281 e. The number of furan rings is 1. The number of hydrogen-bond donors (Lipinski definition) is 0. The van der Waals surface area contributed by atoms with Crippen LogP contribution in [-0.2, 0) is 11.3 Å². The molecule has 0 spiro atoms. The highest BCUT2D eigenvalue weighted by Gasteiger charge is 2.47. The van der Waals surface area contributed by atoms with Gasteiger partial charge in [0, 0.05) is 60.8 Å². The monoisotopic (exact) mass is 460 g/mol. The predicted octanol–water partition coefficient (Wildman–Crippen LogP) is 4.82. The van der Waals surface area contributed by atoms with E-state index in [2.05, 4.69) is 25.8 Å². The molecule has 5 heterocycles. The molecule has 168 valence electrons. The van der Waals surface area contributed by atoms with Crippen LogP contribution in [-0.4, -0.2) is 50.8 Å². The SMILES string of the molecule is O=C(C1CCC1)N1C[C@@H]2C[C@H]1CN2Cc1coc2cc(Oc3nc4ncccc4s3)ccc12. The third kappa shape index (κ3) is 3.31. The summed E-state index contributed by atoms with van der Waals surface area (Å²) < 4.78 is 12.9. The molecule has 4 aromatic rings. The number of ether oxygens (including phenoxy) is 1. The molecule has 2 bridgehead atoms. The standard InChI is InChI=1S/C25H24N4O3S/c30-24(15-3-1-4-15)29-13-17-9-18(29)12-28(17)11-16-14-31-21-10-19(6-7-20(16)21)32-25-27-23-22(33-25)5-2-8-26-23/h2,5-8,10,14-15,17-18H,1,3-4,9,11-13H2/t17-,18-/m0/s1. The van der Waals surface area contributed by atoms with Crippen molar-refractivity contribution in [3.8, 4) is 10.9 Å². The summed E-state index contributed by atoms with van der Waals surface area (Å²) >= 11 is 1.48. The van der Waals surface area contributed by atoms with Gasteiger partial charge in [-0.3, -0.25) is 9.69 Å². The second kappa shape index (κ2) is 7.53. The molecule has 3 fully saturated rings. The van der Waals surface area contributed by atoms with Crippen molar-refractivity contribution in [1.29, 1.82) is 0 Å². The van der Waals surface area contributed by atoms with Gasteiger partial charge >= 0.3 is 0 Å². The third-order valence-corrected chi connectivity index (χ3v) is 8.33. The fraction of sp³-hybridized carbons (Fsp3) is 0.400. The lowest BCUT2D eigenvalue weighted by molar-refractivity contribution is -0.140. The van der Waals surface area contributed by atoms with Gasteiger partial charge in [0.05, 0.1) is 11.0 Å². The molecule has 1 amide bonds. The molecule has 0 unspecified atom stereocenters. The van der Waals surface area contributed by atoms with Gasteiger partial charge in [-0.05, 0) is 43.5 Å². The summed E-state index contributed by atoms with van der Waals surface area (Å²) in [6.45, 7) is 2.69. The Morgan fingerprint density at radius 3 is 2.94 bits per heavy atom. The number of thiazole rings is 1. The minimum absolute atomic E-state index is 0.297. The Balaban J connectivity index is 1.05. The van der Waals surface area contributed by atoms with Crippen molar-refractivity contribution in [2.45, 2.75) is 44.3 Å². The molecular formula is C25H24N4O3S. The predicted molar refractivity (Wildman–Crippen MR) is 125 cm³/mol. The van der Waals surface area contributed by atoms with Crippen LogP contribution in [0.1, 0.15) is 31.2 Å². The number of rotatable bonds is 5. The average molecular weight is 461 g/mol. The van der Waals surface area contributed by atoms with Crippen molar-refractivity contribution in [2.24, 2.45) is 5.92 Å². The molecule has 7 nitrogen and oxygen atoms in total. The summed E-state index contributed by atoms with van der Waals surface area (Å²) in [7, 11) is 0. The van der Waals surface area contributed by atoms with Gasteiger partial charge < -0.3 is 14.1 Å². The van der Waals surface area contributed by atoms with E-state index in [1.165, 1.54) is 23.3 Å². The molecule has 7 rings (SSSR count). The van der Waals surface area contributed by atoms with Crippen LogP contribution in [0.2, 0.25) is 0 Å². The van der Waals surface area contributed by atoms with Crippen LogP contribution in [0.4, 0.5) is 0 Å². The number of nitrogens with zero attached hydrogens (tertiary/aromatic N) is 4. The van der Waals surface area contributed by atoms with Crippen LogP contribution in [0, 0.1) is 5.92 Å². The zero-order valence-corrected chi connectivity index (χ0v) is 19.0. The van der Waals surface area contributed by atoms with E-state index < -0.39 is 0 Å². The Morgan fingerprint density at radius 1 is 1.21 bits per heavy atom. The number of piperazine rings is 1. The third-order valence-electron chi connectivity index (χ3n) is 7.44. The van der Waals surface area contributed by atoms with Crippen LogP contribution < -0.4 is 4.74 Å². The molecule has 0 N–H and O–H groups in total. The van der Waals surface area contributed by atoms with Gasteiger partial charge in [0.15, 0.2) is 5.65 Å². The Kier molecular flexibility index (Phi) is 4.45. The highest BCUT2D eigenvalue weighted by molar-refractivity contribution is 7.20. The summed E-state index contributed by atoms with van der Waals surface area (Å²) in [5, 5.41) is 1.68. The first-order valence-electron chi connectivity index (χ1n) is 11.7. The van der Waals surface area contributed by atoms with Crippen molar-refractivity contribution in [3.05, 3.63) is 48.4 Å². The Labute approximate surface area is 195 Å². The lowest BCUT2D eigenvalue weighted by atomic mass is 9.84. The number of carbonyl (C=O) groups is 1. The van der Waals surface area contributed by atoms with E-state index in [9.17, 15) is 4.79 Å². The number of pyridine rings is 1. The molecule has 3 aromatic heterocycles. The van der Waals surface area contributed by atoms with Crippen LogP contribution in [0.15, 0.2) is 47.2 Å². The fourth-order valence-corrected chi connectivity index (χ4v) is 6.26. The number of amides is 1. The first kappa shape index (κ1) is 19.5. The molecule has 1 aliphatic carbocycles. The maximum absolute atomic E-state index is 12.7. The van der Waals surface area contributed by atoms with Gasteiger partial charge in [-0.25, -0.2) is 4.98 Å². The summed E-state index contributed by atoms with van der Waals surface area (Å²) in [5.41, 5.74) is 2.70. The van der Waals surface area contributed by atoms with Crippen molar-refractivity contribution >= 4 is 38.6 Å². The Hall–Kier alpha value is -2.97.